The van der Waals surface area contributed by atoms with E-state index in [1.54, 1.807) is 48.9 Å². The van der Waals surface area contributed by atoms with E-state index in [0.717, 1.165) is 0 Å². The fourth-order valence-corrected chi connectivity index (χ4v) is 5.55. The number of rotatable bonds is 6. The molecule has 4 heterocycles. The lowest BCUT2D eigenvalue weighted by Crippen LogP contribution is -2.43. The summed E-state index contributed by atoms with van der Waals surface area (Å²) in [5.74, 6) is -1.70. The van der Waals surface area contributed by atoms with Crippen LogP contribution in [0.3, 0.4) is 0 Å². The van der Waals surface area contributed by atoms with Crippen LogP contribution in [0.25, 0.3) is 22.0 Å². The molecule has 1 atom stereocenters. The largest absolute Gasteiger partial charge is 0.456 e. The first-order valence-electron chi connectivity index (χ1n) is 13.4. The van der Waals surface area contributed by atoms with Gasteiger partial charge in [-0.1, -0.05) is 11.6 Å². The van der Waals surface area contributed by atoms with Gasteiger partial charge in [-0.3, -0.25) is 14.6 Å². The fraction of sp³-hybridized carbons (Fsp3) is 0.233. The number of hydrogen-bond donors (Lipinski definition) is 1. The highest BCUT2D eigenvalue weighted by Gasteiger charge is 2.35. The second-order valence-corrected chi connectivity index (χ2v) is 10.4. The highest BCUT2D eigenvalue weighted by Crippen LogP contribution is 2.46. The minimum absolute atomic E-state index is 0.146. The van der Waals surface area contributed by atoms with Gasteiger partial charge in [0.2, 0.25) is 0 Å². The van der Waals surface area contributed by atoms with Crippen molar-refractivity contribution in [1.82, 2.24) is 19.9 Å². The zero-order chi connectivity index (χ0) is 30.2. The number of nitrogens with zero attached hydrogens (tertiary/aromatic N) is 5. The number of anilines is 2. The van der Waals surface area contributed by atoms with E-state index in [4.69, 9.17) is 21.1 Å². The third kappa shape index (κ3) is 5.53. The molecule has 2 aliphatic heterocycles. The number of fused-ring (bicyclic) bond motifs is 3. The topological polar surface area (TPSA) is 110 Å². The maximum Gasteiger partial charge on any atom is 0.321 e. The molecule has 0 saturated heterocycles. The Morgan fingerprint density at radius 3 is 2.63 bits per heavy atom. The van der Waals surface area contributed by atoms with Crippen LogP contribution in [0.15, 0.2) is 66.5 Å². The molecule has 6 rings (SSSR count). The van der Waals surface area contributed by atoms with E-state index >= 15 is 8.78 Å². The van der Waals surface area contributed by atoms with Crippen LogP contribution >= 0.6 is 11.6 Å². The van der Waals surface area contributed by atoms with Crippen molar-refractivity contribution in [1.29, 1.82) is 0 Å². The van der Waals surface area contributed by atoms with Crippen molar-refractivity contribution in [3.63, 3.8) is 0 Å². The monoisotopic (exact) mass is 606 g/mol. The summed E-state index contributed by atoms with van der Waals surface area (Å²) in [5.41, 5.74) is 2.74. The van der Waals surface area contributed by atoms with Crippen molar-refractivity contribution in [2.75, 3.05) is 29.9 Å². The number of nitrogens with one attached hydrogen (secondary N) is 1. The molecule has 4 aromatic rings. The lowest BCUT2D eigenvalue weighted by molar-refractivity contribution is -0.150. The van der Waals surface area contributed by atoms with Gasteiger partial charge in [0.25, 0.3) is 5.91 Å². The number of halogens is 3. The van der Waals surface area contributed by atoms with E-state index in [0.29, 0.717) is 39.3 Å². The van der Waals surface area contributed by atoms with Gasteiger partial charge in [0.05, 0.1) is 40.4 Å². The Morgan fingerprint density at radius 1 is 1.12 bits per heavy atom. The highest BCUT2D eigenvalue weighted by molar-refractivity contribution is 6.33. The summed E-state index contributed by atoms with van der Waals surface area (Å²) in [4.78, 5) is 39.1. The average Bonchev–Trinajstić information content (AvgIpc) is 3.32. The van der Waals surface area contributed by atoms with Gasteiger partial charge >= 0.3 is 12.0 Å². The van der Waals surface area contributed by atoms with Crippen molar-refractivity contribution in [2.24, 2.45) is 0 Å². The maximum absolute atomic E-state index is 15.6. The first-order valence-corrected chi connectivity index (χ1v) is 13.8. The summed E-state index contributed by atoms with van der Waals surface area (Å²) in [6.07, 6.45) is 4.56. The van der Waals surface area contributed by atoms with Crippen LogP contribution in [0, 0.1) is 5.82 Å². The third-order valence-corrected chi connectivity index (χ3v) is 7.52. The molecule has 0 radical (unpaired) electrons. The van der Waals surface area contributed by atoms with Crippen molar-refractivity contribution < 1.29 is 27.8 Å². The Labute approximate surface area is 249 Å². The molecule has 13 heteroatoms. The fourth-order valence-electron chi connectivity index (χ4n) is 5.28. The smallest absolute Gasteiger partial charge is 0.321 e. The molecular weight excluding hydrogens is 582 g/mol. The highest BCUT2D eigenvalue weighted by atomic mass is 35.5. The van der Waals surface area contributed by atoms with E-state index in [1.165, 1.54) is 17.9 Å². The van der Waals surface area contributed by atoms with Crippen LogP contribution in [0.4, 0.5) is 20.2 Å². The normalized spacial score (nSPS) is 16.3. The molecule has 1 N–H and O–H groups in total. The summed E-state index contributed by atoms with van der Waals surface area (Å²) in [7, 11) is 0. The lowest BCUT2D eigenvalue weighted by Gasteiger charge is -2.34. The SMILES string of the molecule is CC(=O)OCC(=O)N1CCC(N2c3c(cnc4cc(F)c(-c5ccc(Oc6ncccn6)cc5Cl)cc34)NC2C)=C(F)C1. The van der Waals surface area contributed by atoms with E-state index in [-0.39, 0.29) is 42.3 Å². The second kappa shape index (κ2) is 11.4. The van der Waals surface area contributed by atoms with Crippen LogP contribution in [0.2, 0.25) is 5.02 Å². The molecule has 1 amide bonds. The Hall–Kier alpha value is -4.84. The molecule has 220 valence electrons. The van der Waals surface area contributed by atoms with Gasteiger partial charge in [0, 0.05) is 60.9 Å². The molecule has 10 nitrogen and oxygen atoms in total. The summed E-state index contributed by atoms with van der Waals surface area (Å²) in [6.45, 7) is 2.62. The maximum atomic E-state index is 15.6. The number of amides is 1. The van der Waals surface area contributed by atoms with E-state index in [9.17, 15) is 9.59 Å². The Balaban J connectivity index is 1.35. The van der Waals surface area contributed by atoms with E-state index in [1.807, 2.05) is 11.8 Å². The Kier molecular flexibility index (Phi) is 7.53. The molecule has 0 saturated carbocycles. The van der Waals surface area contributed by atoms with Gasteiger partial charge in [0.15, 0.2) is 6.61 Å². The lowest BCUT2D eigenvalue weighted by atomic mass is 10.0. The molecule has 0 fully saturated rings. The van der Waals surface area contributed by atoms with Crippen LogP contribution < -0.4 is 15.0 Å². The summed E-state index contributed by atoms with van der Waals surface area (Å²) < 4.78 is 41.5. The first-order chi connectivity index (χ1) is 20.7. The molecule has 2 aliphatic rings. The van der Waals surface area contributed by atoms with Gasteiger partial charge in [-0.05, 0) is 31.2 Å². The molecule has 0 aliphatic carbocycles. The van der Waals surface area contributed by atoms with Gasteiger partial charge in [0.1, 0.15) is 23.6 Å². The van der Waals surface area contributed by atoms with Gasteiger partial charge < -0.3 is 24.6 Å². The predicted octanol–water partition coefficient (Wildman–Crippen LogP) is 5.83. The summed E-state index contributed by atoms with van der Waals surface area (Å²) in [6, 6.07) is 9.63. The minimum Gasteiger partial charge on any atom is -0.456 e. The quantitative estimate of drug-likeness (QED) is 0.271. The Bertz CT molecular complexity index is 1790. The molecule has 1 unspecified atom stereocenters. The summed E-state index contributed by atoms with van der Waals surface area (Å²) >= 11 is 6.60. The third-order valence-electron chi connectivity index (χ3n) is 7.21. The summed E-state index contributed by atoms with van der Waals surface area (Å²) in [5, 5.41) is 4.15. The standard InChI is InChI=1S/C30H25ClF2N6O4/c1-16-37-26-13-36-25-12-23(32)20(19-5-4-18(10-22(19)31)43-30-34-7-3-8-35-30)11-21(25)29(26)39(16)27-6-9-38(14-24(27)33)28(41)15-42-17(2)40/h3-5,7-8,10-13,16,37H,6,9,14-15H2,1-2H3. The zero-order valence-electron chi connectivity index (χ0n) is 23.1. The number of benzene rings is 2. The molecule has 0 spiro atoms. The molecular formula is C30H25ClF2N6O4. The number of carbonyl (C=O) groups is 2. The van der Waals surface area contributed by atoms with Crippen LogP contribution in [0.1, 0.15) is 20.3 Å². The van der Waals surface area contributed by atoms with Crippen molar-refractivity contribution >= 4 is 45.8 Å². The molecule has 2 aromatic heterocycles. The van der Waals surface area contributed by atoms with Gasteiger partial charge in [-0.2, -0.15) is 0 Å². The Morgan fingerprint density at radius 2 is 1.91 bits per heavy atom. The molecule has 0 bridgehead atoms. The average molecular weight is 607 g/mol. The molecule has 2 aromatic carbocycles. The second-order valence-electron chi connectivity index (χ2n) is 10.0. The van der Waals surface area contributed by atoms with Crippen LogP contribution in [0.5, 0.6) is 11.8 Å². The number of carbonyl (C=O) groups excluding carboxylic acids is 2. The molecule has 43 heavy (non-hydrogen) atoms. The van der Waals surface area contributed by atoms with Gasteiger partial charge in [-0.25, -0.2) is 18.7 Å². The van der Waals surface area contributed by atoms with Crippen molar-refractivity contribution in [3.8, 4) is 22.9 Å². The number of pyridine rings is 1. The van der Waals surface area contributed by atoms with Crippen molar-refractivity contribution in [2.45, 2.75) is 26.4 Å². The van der Waals surface area contributed by atoms with Crippen LogP contribution in [-0.2, 0) is 14.3 Å². The van der Waals surface area contributed by atoms with E-state index < -0.39 is 30.1 Å². The number of ether oxygens (including phenoxy) is 2. The van der Waals surface area contributed by atoms with Crippen molar-refractivity contribution in [3.05, 3.63) is 77.4 Å². The van der Waals surface area contributed by atoms with Crippen LogP contribution in [-0.4, -0.2) is 57.6 Å². The number of esters is 1. The predicted molar refractivity (Wildman–Crippen MR) is 156 cm³/mol. The zero-order valence-corrected chi connectivity index (χ0v) is 23.9. The minimum atomic E-state index is -0.584. The first kappa shape index (κ1) is 28.3. The number of aromatic nitrogens is 3. The number of hydrogen-bond acceptors (Lipinski definition) is 9. The van der Waals surface area contributed by atoms with E-state index in [2.05, 4.69) is 20.3 Å². The van der Waals surface area contributed by atoms with Gasteiger partial charge in [-0.15, -0.1) is 0 Å².